The number of benzene rings is 3. The first-order chi connectivity index (χ1) is 12.8. The summed E-state index contributed by atoms with van der Waals surface area (Å²) in [6, 6.07) is 23.1. The maximum Gasteiger partial charge on any atom is 0.127 e. The summed E-state index contributed by atoms with van der Waals surface area (Å²) < 4.78 is 5.90. The number of nitrogens with one attached hydrogen (secondary N) is 1. The van der Waals surface area contributed by atoms with Crippen molar-refractivity contribution in [3.8, 4) is 5.75 Å². The molecular weight excluding hydrogens is 358 g/mol. The molecule has 0 fully saturated rings. The van der Waals surface area contributed by atoms with Crippen LogP contribution in [-0.4, -0.2) is 24.4 Å². The fraction of sp³-hybridized carbons (Fsp3) is 0.304. The summed E-state index contributed by atoms with van der Waals surface area (Å²) in [7, 11) is 0. The minimum atomic E-state index is -0.539. The van der Waals surface area contributed by atoms with Gasteiger partial charge >= 0.3 is 0 Å². The highest BCUT2D eigenvalue weighted by molar-refractivity contribution is 5.88. The molecule has 4 rings (SSSR count). The Hall–Kier alpha value is -2.07. The quantitative estimate of drug-likeness (QED) is 0.650. The molecule has 3 aromatic carbocycles. The monoisotopic (exact) mass is 383 g/mol. The number of aliphatic hydroxyl groups is 1. The highest BCUT2D eigenvalue weighted by atomic mass is 35.5. The van der Waals surface area contributed by atoms with Gasteiger partial charge in [-0.3, -0.25) is 0 Å². The van der Waals surface area contributed by atoms with E-state index in [-0.39, 0.29) is 19.0 Å². The van der Waals surface area contributed by atoms with Crippen molar-refractivity contribution in [2.24, 2.45) is 0 Å². The summed E-state index contributed by atoms with van der Waals surface area (Å²) in [6.07, 6.45) is 2.93. The Labute approximate surface area is 166 Å². The highest BCUT2D eigenvalue weighted by Gasteiger charge is 2.20. The molecular formula is C23H26ClNO2. The molecule has 1 aliphatic carbocycles. The third kappa shape index (κ3) is 4.62. The van der Waals surface area contributed by atoms with E-state index in [1.165, 1.54) is 17.5 Å². The molecule has 0 spiro atoms. The van der Waals surface area contributed by atoms with Crippen LogP contribution in [0.1, 0.15) is 30.0 Å². The molecule has 0 saturated carbocycles. The molecule has 2 atom stereocenters. The largest absolute Gasteiger partial charge is 0.490 e. The van der Waals surface area contributed by atoms with Crippen molar-refractivity contribution >= 4 is 23.2 Å². The fourth-order valence-electron chi connectivity index (χ4n) is 3.81. The van der Waals surface area contributed by atoms with Crippen molar-refractivity contribution in [1.82, 2.24) is 5.32 Å². The van der Waals surface area contributed by atoms with Crippen LogP contribution in [-0.2, 0) is 6.42 Å². The molecule has 3 nitrogen and oxygen atoms in total. The predicted molar refractivity (Wildman–Crippen MR) is 113 cm³/mol. The number of hydrogen-bond acceptors (Lipinski definition) is 3. The summed E-state index contributed by atoms with van der Waals surface area (Å²) in [6.45, 7) is 0.819. The Kier molecular flexibility index (Phi) is 6.73. The molecule has 2 unspecified atom stereocenters. The number of fused-ring (bicyclic) bond motifs is 2. The summed E-state index contributed by atoms with van der Waals surface area (Å²) in [5, 5.41) is 16.1. The average Bonchev–Trinajstić information content (AvgIpc) is 2.70. The van der Waals surface area contributed by atoms with Gasteiger partial charge in [-0.05, 0) is 41.8 Å². The zero-order valence-electron chi connectivity index (χ0n) is 15.3. The molecule has 0 bridgehead atoms. The molecule has 3 aromatic rings. The number of ether oxygens (including phenoxy) is 1. The van der Waals surface area contributed by atoms with Gasteiger partial charge in [0.15, 0.2) is 0 Å². The minimum absolute atomic E-state index is 0. The zero-order valence-corrected chi connectivity index (χ0v) is 16.1. The average molecular weight is 384 g/mol. The van der Waals surface area contributed by atoms with Crippen LogP contribution in [0.2, 0.25) is 0 Å². The zero-order chi connectivity index (χ0) is 17.8. The van der Waals surface area contributed by atoms with Gasteiger partial charge in [0.2, 0.25) is 0 Å². The van der Waals surface area contributed by atoms with Crippen molar-refractivity contribution < 1.29 is 9.84 Å². The van der Waals surface area contributed by atoms with E-state index in [0.717, 1.165) is 29.4 Å². The summed E-state index contributed by atoms with van der Waals surface area (Å²) in [5.74, 6) is 0.824. The Morgan fingerprint density at radius 3 is 2.70 bits per heavy atom. The third-order valence-corrected chi connectivity index (χ3v) is 5.15. The third-order valence-electron chi connectivity index (χ3n) is 5.15. The smallest absolute Gasteiger partial charge is 0.127 e. The van der Waals surface area contributed by atoms with Gasteiger partial charge in [-0.25, -0.2) is 0 Å². The molecule has 142 valence electrons. The van der Waals surface area contributed by atoms with Gasteiger partial charge < -0.3 is 15.2 Å². The van der Waals surface area contributed by atoms with Gasteiger partial charge in [-0.15, -0.1) is 12.4 Å². The van der Waals surface area contributed by atoms with E-state index in [2.05, 4.69) is 41.7 Å². The standard InChI is InChI=1S/C23H25NO2.ClH/c25-19(15-24-22-13-5-9-17-7-1-3-11-20(17)22)16-26-23-14-6-10-18-8-2-4-12-21(18)23;/h1-4,6-8,10-12,14,19,22,24-25H,5,9,13,15-16H2;1H. The number of hydrogen-bond donors (Lipinski definition) is 2. The topological polar surface area (TPSA) is 41.5 Å². The first-order valence-electron chi connectivity index (χ1n) is 9.41. The second-order valence-corrected chi connectivity index (χ2v) is 6.99. The first kappa shape index (κ1) is 19.7. The van der Waals surface area contributed by atoms with Crippen molar-refractivity contribution in [3.63, 3.8) is 0 Å². The van der Waals surface area contributed by atoms with Gasteiger partial charge in [0.1, 0.15) is 18.5 Å². The molecule has 0 amide bonds. The van der Waals surface area contributed by atoms with Gasteiger partial charge in [0.05, 0.1) is 0 Å². The van der Waals surface area contributed by atoms with Crippen LogP contribution in [0.3, 0.4) is 0 Å². The van der Waals surface area contributed by atoms with Crippen molar-refractivity contribution in [1.29, 1.82) is 0 Å². The second kappa shape index (κ2) is 9.23. The Balaban J connectivity index is 0.00000210. The predicted octanol–water partition coefficient (Wildman–Crippen LogP) is 4.67. The molecule has 0 aromatic heterocycles. The molecule has 0 aliphatic heterocycles. The Morgan fingerprint density at radius 1 is 1.00 bits per heavy atom. The van der Waals surface area contributed by atoms with E-state index in [9.17, 15) is 5.11 Å². The lowest BCUT2D eigenvalue weighted by Crippen LogP contribution is -2.35. The molecule has 0 radical (unpaired) electrons. The van der Waals surface area contributed by atoms with E-state index in [0.29, 0.717) is 12.6 Å². The van der Waals surface area contributed by atoms with Crippen LogP contribution < -0.4 is 10.1 Å². The van der Waals surface area contributed by atoms with E-state index < -0.39 is 6.10 Å². The normalized spacial score (nSPS) is 17.0. The van der Waals surface area contributed by atoms with Gasteiger partial charge in [0, 0.05) is 18.0 Å². The number of aliphatic hydroxyl groups excluding tert-OH is 1. The van der Waals surface area contributed by atoms with E-state index in [4.69, 9.17) is 4.74 Å². The van der Waals surface area contributed by atoms with Crippen LogP contribution in [0.15, 0.2) is 66.7 Å². The van der Waals surface area contributed by atoms with Crippen LogP contribution in [0.5, 0.6) is 5.75 Å². The van der Waals surface area contributed by atoms with Crippen LogP contribution >= 0.6 is 12.4 Å². The van der Waals surface area contributed by atoms with Crippen LogP contribution in [0, 0.1) is 0 Å². The van der Waals surface area contributed by atoms with Crippen LogP contribution in [0.25, 0.3) is 10.8 Å². The molecule has 0 saturated heterocycles. The summed E-state index contributed by atoms with van der Waals surface area (Å²) >= 11 is 0. The minimum Gasteiger partial charge on any atom is -0.490 e. The van der Waals surface area contributed by atoms with Gasteiger partial charge in [0.25, 0.3) is 0 Å². The summed E-state index contributed by atoms with van der Waals surface area (Å²) in [5.41, 5.74) is 2.80. The molecule has 4 heteroatoms. The number of rotatable bonds is 6. The SMILES string of the molecule is Cl.OC(CNC1CCCc2ccccc21)COc1cccc2ccccc12. The summed E-state index contributed by atoms with van der Waals surface area (Å²) in [4.78, 5) is 0. The van der Waals surface area contributed by atoms with E-state index >= 15 is 0 Å². The van der Waals surface area contributed by atoms with Gasteiger partial charge in [-0.1, -0.05) is 60.7 Å². The van der Waals surface area contributed by atoms with E-state index in [1.54, 1.807) is 0 Å². The molecule has 2 N–H and O–H groups in total. The van der Waals surface area contributed by atoms with Crippen molar-refractivity contribution in [2.45, 2.75) is 31.4 Å². The maximum atomic E-state index is 10.4. The lowest BCUT2D eigenvalue weighted by Gasteiger charge is -2.27. The van der Waals surface area contributed by atoms with E-state index in [1.807, 2.05) is 30.3 Å². The molecule has 0 heterocycles. The lowest BCUT2D eigenvalue weighted by atomic mass is 9.88. The Bertz CT molecular complexity index is 878. The second-order valence-electron chi connectivity index (χ2n) is 6.99. The molecule has 1 aliphatic rings. The number of aryl methyl sites for hydroxylation is 1. The van der Waals surface area contributed by atoms with Crippen molar-refractivity contribution in [2.75, 3.05) is 13.2 Å². The van der Waals surface area contributed by atoms with Gasteiger partial charge in [-0.2, -0.15) is 0 Å². The number of halogens is 1. The fourth-order valence-corrected chi connectivity index (χ4v) is 3.81. The Morgan fingerprint density at radius 2 is 1.78 bits per heavy atom. The lowest BCUT2D eigenvalue weighted by molar-refractivity contribution is 0.103. The van der Waals surface area contributed by atoms with Crippen LogP contribution in [0.4, 0.5) is 0 Å². The molecule has 27 heavy (non-hydrogen) atoms. The highest BCUT2D eigenvalue weighted by Crippen LogP contribution is 2.29. The first-order valence-corrected chi connectivity index (χ1v) is 9.41. The van der Waals surface area contributed by atoms with Crippen molar-refractivity contribution in [3.05, 3.63) is 77.9 Å². The maximum absolute atomic E-state index is 10.4.